The van der Waals surface area contributed by atoms with Crippen molar-refractivity contribution in [2.75, 3.05) is 26.2 Å². The number of sulfonamides is 1. The lowest BCUT2D eigenvalue weighted by atomic mass is 10.2. The molecule has 1 aromatic carbocycles. The topological polar surface area (TPSA) is 95.8 Å². The maximum atomic E-state index is 13.8. The third-order valence-corrected chi connectivity index (χ3v) is 6.76. The summed E-state index contributed by atoms with van der Waals surface area (Å²) in [6, 6.07) is 5.71. The van der Waals surface area contributed by atoms with E-state index in [2.05, 4.69) is 14.8 Å². The second-order valence-electron chi connectivity index (χ2n) is 7.19. The van der Waals surface area contributed by atoms with Crippen LogP contribution in [-0.4, -0.2) is 61.5 Å². The summed E-state index contributed by atoms with van der Waals surface area (Å²) >= 11 is 0. The third-order valence-electron chi connectivity index (χ3n) is 4.97. The molecule has 3 rings (SSSR count). The van der Waals surface area contributed by atoms with E-state index in [4.69, 9.17) is 4.52 Å². The molecule has 1 aromatic heterocycles. The minimum absolute atomic E-state index is 0.0353. The second kappa shape index (κ2) is 8.60. The Kier molecular flexibility index (Phi) is 6.35. The van der Waals surface area contributed by atoms with Crippen molar-refractivity contribution in [2.45, 2.75) is 38.3 Å². The van der Waals surface area contributed by atoms with Crippen LogP contribution in [-0.2, 0) is 21.4 Å². The van der Waals surface area contributed by atoms with Gasteiger partial charge in [-0.15, -0.1) is 0 Å². The van der Waals surface area contributed by atoms with Crippen LogP contribution < -0.4 is 4.72 Å². The number of aryl methyl sites for hydroxylation is 2. The predicted octanol–water partition coefficient (Wildman–Crippen LogP) is 1.44. The fourth-order valence-corrected chi connectivity index (χ4v) is 4.99. The Balaban J connectivity index is 1.57. The number of hydrogen-bond acceptors (Lipinski definition) is 6. The van der Waals surface area contributed by atoms with Gasteiger partial charge in [0.2, 0.25) is 15.9 Å². The normalized spacial score (nSPS) is 16.8. The first-order valence-electron chi connectivity index (χ1n) is 9.39. The molecule has 8 nitrogen and oxygen atoms in total. The highest BCUT2D eigenvalue weighted by Gasteiger charge is 2.31. The van der Waals surface area contributed by atoms with Gasteiger partial charge in [0.1, 0.15) is 16.4 Å². The largest absolute Gasteiger partial charge is 0.360 e. The number of amides is 1. The fraction of sp³-hybridized carbons (Fsp3) is 0.474. The van der Waals surface area contributed by atoms with Crippen molar-refractivity contribution in [3.63, 3.8) is 0 Å². The average molecular weight is 424 g/mol. The molecule has 2 aromatic rings. The Morgan fingerprint density at radius 1 is 1.24 bits per heavy atom. The predicted molar refractivity (Wildman–Crippen MR) is 104 cm³/mol. The molecule has 2 heterocycles. The van der Waals surface area contributed by atoms with Gasteiger partial charge >= 0.3 is 0 Å². The summed E-state index contributed by atoms with van der Waals surface area (Å²) in [4.78, 5) is 16.4. The highest BCUT2D eigenvalue weighted by Crippen LogP contribution is 2.19. The summed E-state index contributed by atoms with van der Waals surface area (Å²) in [5.41, 5.74) is 0.865. The molecule has 1 N–H and O–H groups in total. The SMILES string of the molecule is Cc1noc(C)c1S(=O)(=O)N[C@H](C)C(=O)N1CCN(Cc2ccccc2F)CC1. The zero-order valence-corrected chi connectivity index (χ0v) is 17.5. The first kappa shape index (κ1) is 21.4. The first-order chi connectivity index (χ1) is 13.7. The molecule has 0 bridgehead atoms. The van der Waals surface area contributed by atoms with E-state index in [1.54, 1.807) is 23.1 Å². The van der Waals surface area contributed by atoms with Gasteiger partial charge in [0.05, 0.1) is 6.04 Å². The molecule has 0 radical (unpaired) electrons. The lowest BCUT2D eigenvalue weighted by molar-refractivity contribution is -0.134. The van der Waals surface area contributed by atoms with Gasteiger partial charge in [-0.3, -0.25) is 9.69 Å². The number of rotatable bonds is 6. The van der Waals surface area contributed by atoms with Crippen LogP contribution in [0, 0.1) is 19.7 Å². The molecule has 29 heavy (non-hydrogen) atoms. The van der Waals surface area contributed by atoms with E-state index in [1.165, 1.54) is 26.8 Å². The van der Waals surface area contributed by atoms with Crippen LogP contribution in [0.2, 0.25) is 0 Å². The number of piperazine rings is 1. The van der Waals surface area contributed by atoms with Crippen molar-refractivity contribution < 1.29 is 22.1 Å². The monoisotopic (exact) mass is 424 g/mol. The van der Waals surface area contributed by atoms with Crippen LogP contribution in [0.3, 0.4) is 0 Å². The lowest BCUT2D eigenvalue weighted by Gasteiger charge is -2.36. The zero-order chi connectivity index (χ0) is 21.2. The molecule has 158 valence electrons. The summed E-state index contributed by atoms with van der Waals surface area (Å²) in [7, 11) is -3.92. The van der Waals surface area contributed by atoms with E-state index >= 15 is 0 Å². The number of aromatic nitrogens is 1. The molecule has 1 amide bonds. The van der Waals surface area contributed by atoms with Crippen molar-refractivity contribution in [1.29, 1.82) is 0 Å². The first-order valence-corrected chi connectivity index (χ1v) is 10.9. The Morgan fingerprint density at radius 2 is 1.90 bits per heavy atom. The van der Waals surface area contributed by atoms with E-state index in [0.29, 0.717) is 38.3 Å². The van der Waals surface area contributed by atoms with Gasteiger partial charge in [0, 0.05) is 38.3 Å². The van der Waals surface area contributed by atoms with Gasteiger partial charge in [-0.25, -0.2) is 12.8 Å². The number of benzene rings is 1. The molecule has 0 unspecified atom stereocenters. The molecule has 1 saturated heterocycles. The van der Waals surface area contributed by atoms with Crippen LogP contribution in [0.1, 0.15) is 23.9 Å². The Labute approximate surface area is 169 Å². The smallest absolute Gasteiger partial charge is 0.246 e. The van der Waals surface area contributed by atoms with Gasteiger partial charge < -0.3 is 9.42 Å². The van der Waals surface area contributed by atoms with E-state index < -0.39 is 16.1 Å². The average Bonchev–Trinajstić information content (AvgIpc) is 3.02. The Morgan fingerprint density at radius 3 is 2.48 bits per heavy atom. The Bertz CT molecular complexity index is 964. The number of nitrogens with zero attached hydrogens (tertiary/aromatic N) is 3. The number of hydrogen-bond donors (Lipinski definition) is 1. The minimum Gasteiger partial charge on any atom is -0.360 e. The van der Waals surface area contributed by atoms with Crippen LogP contribution in [0.15, 0.2) is 33.7 Å². The van der Waals surface area contributed by atoms with Gasteiger partial charge in [-0.1, -0.05) is 23.4 Å². The zero-order valence-electron chi connectivity index (χ0n) is 16.7. The van der Waals surface area contributed by atoms with Crippen LogP contribution in [0.5, 0.6) is 0 Å². The van der Waals surface area contributed by atoms with Crippen molar-refractivity contribution in [3.8, 4) is 0 Å². The molecule has 1 atom stereocenters. The summed E-state index contributed by atoms with van der Waals surface area (Å²) in [5.74, 6) is -0.365. The Hall–Kier alpha value is -2.30. The van der Waals surface area contributed by atoms with Gasteiger partial charge in [0.15, 0.2) is 5.76 Å². The van der Waals surface area contributed by atoms with Crippen LogP contribution in [0.4, 0.5) is 4.39 Å². The molecule has 1 aliphatic heterocycles. The van der Waals surface area contributed by atoms with Gasteiger partial charge in [-0.05, 0) is 26.8 Å². The van der Waals surface area contributed by atoms with E-state index in [-0.39, 0.29) is 28.1 Å². The maximum absolute atomic E-state index is 13.8. The van der Waals surface area contributed by atoms with Crippen molar-refractivity contribution in [3.05, 3.63) is 47.1 Å². The summed E-state index contributed by atoms with van der Waals surface area (Å²) in [6.45, 7) is 7.11. The molecule has 0 saturated carbocycles. The molecule has 1 fully saturated rings. The summed E-state index contributed by atoms with van der Waals surface area (Å²) in [6.07, 6.45) is 0. The minimum atomic E-state index is -3.92. The van der Waals surface area contributed by atoms with E-state index in [9.17, 15) is 17.6 Å². The van der Waals surface area contributed by atoms with E-state index in [1.807, 2.05) is 0 Å². The number of carbonyl (C=O) groups is 1. The van der Waals surface area contributed by atoms with Crippen molar-refractivity contribution in [1.82, 2.24) is 19.7 Å². The molecule has 0 spiro atoms. The second-order valence-corrected chi connectivity index (χ2v) is 8.84. The number of nitrogens with one attached hydrogen (secondary N) is 1. The molecular formula is C19H25FN4O4S. The summed E-state index contributed by atoms with van der Waals surface area (Å²) in [5, 5.41) is 3.65. The number of halogens is 1. The number of carbonyl (C=O) groups excluding carboxylic acids is 1. The maximum Gasteiger partial charge on any atom is 0.246 e. The molecule has 0 aliphatic carbocycles. The summed E-state index contributed by atoms with van der Waals surface area (Å²) < 4.78 is 46.3. The van der Waals surface area contributed by atoms with Crippen LogP contribution in [0.25, 0.3) is 0 Å². The van der Waals surface area contributed by atoms with Crippen molar-refractivity contribution in [2.24, 2.45) is 0 Å². The van der Waals surface area contributed by atoms with Crippen molar-refractivity contribution >= 4 is 15.9 Å². The lowest BCUT2D eigenvalue weighted by Crippen LogP contribution is -2.53. The highest BCUT2D eigenvalue weighted by molar-refractivity contribution is 7.89. The molecule has 10 heteroatoms. The fourth-order valence-electron chi connectivity index (χ4n) is 3.47. The third kappa shape index (κ3) is 4.82. The van der Waals surface area contributed by atoms with E-state index in [0.717, 1.165) is 0 Å². The van der Waals surface area contributed by atoms with Crippen LogP contribution >= 0.6 is 0 Å². The van der Waals surface area contributed by atoms with Gasteiger partial charge in [0.25, 0.3) is 0 Å². The molecular weight excluding hydrogens is 399 g/mol. The van der Waals surface area contributed by atoms with Gasteiger partial charge in [-0.2, -0.15) is 4.72 Å². The highest BCUT2D eigenvalue weighted by atomic mass is 32.2. The molecule has 1 aliphatic rings. The standard InChI is InChI=1S/C19H25FN4O4S/c1-13-18(15(3)28-21-13)29(26,27)22-14(2)19(25)24-10-8-23(9-11-24)12-16-6-4-5-7-17(16)20/h4-7,14,22H,8-12H2,1-3H3/t14-/m1/s1. The quantitative estimate of drug-likeness (QED) is 0.754.